The van der Waals surface area contributed by atoms with Crippen LogP contribution in [0.25, 0.3) is 11.3 Å². The molecule has 3 rings (SSSR count). The van der Waals surface area contributed by atoms with Crippen LogP contribution < -0.4 is 5.32 Å². The minimum Gasteiger partial charge on any atom is -0.350 e. The monoisotopic (exact) mass is 328 g/mol. The molecule has 1 saturated heterocycles. The van der Waals surface area contributed by atoms with Crippen LogP contribution in [0.2, 0.25) is 0 Å². The molecule has 6 heteroatoms. The van der Waals surface area contributed by atoms with Crippen molar-refractivity contribution in [1.82, 2.24) is 20.3 Å². The van der Waals surface area contributed by atoms with Gasteiger partial charge in [0.15, 0.2) is 0 Å². The van der Waals surface area contributed by atoms with Crippen LogP contribution in [-0.2, 0) is 0 Å². The normalized spacial score (nSPS) is 16.2. The predicted molar refractivity (Wildman–Crippen MR) is 92.8 cm³/mol. The molecule has 2 heterocycles. The van der Waals surface area contributed by atoms with E-state index in [9.17, 15) is 4.79 Å². The van der Waals surface area contributed by atoms with Crippen LogP contribution in [0.5, 0.6) is 0 Å². The van der Waals surface area contributed by atoms with Crippen molar-refractivity contribution in [3.05, 3.63) is 42.2 Å². The van der Waals surface area contributed by atoms with E-state index in [1.807, 2.05) is 30.3 Å². The molecule has 1 aliphatic heterocycles. The van der Waals surface area contributed by atoms with E-state index in [1.165, 1.54) is 0 Å². The predicted octanol–water partition coefficient (Wildman–Crippen LogP) is 1.71. The number of amides is 1. The molecule has 128 valence electrons. The number of benzene rings is 1. The highest BCUT2D eigenvalue weighted by Crippen LogP contribution is 2.18. The van der Waals surface area contributed by atoms with Gasteiger partial charge in [-0.25, -0.2) is 0 Å². The first kappa shape index (κ1) is 16.7. The molecule has 1 amide bonds. The fraction of sp³-hybridized carbons (Fsp3) is 0.444. The van der Waals surface area contributed by atoms with Crippen molar-refractivity contribution in [3.8, 4) is 11.3 Å². The SMILES string of the molecule is CCN1CCN(CCNC(=O)c2cc(-c3ccccc3)no2)CC1. The van der Waals surface area contributed by atoms with Gasteiger partial charge in [0.1, 0.15) is 5.69 Å². The van der Waals surface area contributed by atoms with Crippen molar-refractivity contribution in [2.75, 3.05) is 45.8 Å². The molecule has 0 saturated carbocycles. The van der Waals surface area contributed by atoms with Crippen LogP contribution in [0.15, 0.2) is 40.9 Å². The third-order valence-corrected chi connectivity index (χ3v) is 4.43. The van der Waals surface area contributed by atoms with Gasteiger partial charge in [0.25, 0.3) is 5.91 Å². The summed E-state index contributed by atoms with van der Waals surface area (Å²) in [7, 11) is 0. The van der Waals surface area contributed by atoms with Gasteiger partial charge >= 0.3 is 0 Å². The van der Waals surface area contributed by atoms with E-state index < -0.39 is 0 Å². The quantitative estimate of drug-likeness (QED) is 0.875. The molecule has 1 aliphatic rings. The van der Waals surface area contributed by atoms with E-state index in [0.717, 1.165) is 44.8 Å². The van der Waals surface area contributed by atoms with Gasteiger partial charge in [0.2, 0.25) is 5.76 Å². The Labute approximate surface area is 142 Å². The number of hydrogen-bond acceptors (Lipinski definition) is 5. The number of carbonyl (C=O) groups is 1. The van der Waals surface area contributed by atoms with E-state index in [1.54, 1.807) is 6.07 Å². The lowest BCUT2D eigenvalue weighted by molar-refractivity contribution is 0.0902. The van der Waals surface area contributed by atoms with Crippen LogP contribution in [0.1, 0.15) is 17.5 Å². The average molecular weight is 328 g/mol. The van der Waals surface area contributed by atoms with Gasteiger partial charge in [-0.1, -0.05) is 42.4 Å². The van der Waals surface area contributed by atoms with Gasteiger partial charge in [0.05, 0.1) is 0 Å². The van der Waals surface area contributed by atoms with Crippen LogP contribution in [0.4, 0.5) is 0 Å². The molecule has 0 spiro atoms. The summed E-state index contributed by atoms with van der Waals surface area (Å²) in [5, 5.41) is 6.88. The van der Waals surface area contributed by atoms with Crippen molar-refractivity contribution in [1.29, 1.82) is 0 Å². The largest absolute Gasteiger partial charge is 0.350 e. The molecule has 1 fully saturated rings. The summed E-state index contributed by atoms with van der Waals surface area (Å²) >= 11 is 0. The third kappa shape index (κ3) is 4.21. The highest BCUT2D eigenvalue weighted by Gasteiger charge is 2.17. The summed E-state index contributed by atoms with van der Waals surface area (Å²) in [6.45, 7) is 9.11. The van der Waals surface area contributed by atoms with Crippen molar-refractivity contribution >= 4 is 5.91 Å². The van der Waals surface area contributed by atoms with E-state index in [4.69, 9.17) is 4.52 Å². The first-order valence-corrected chi connectivity index (χ1v) is 8.51. The number of hydrogen-bond donors (Lipinski definition) is 1. The van der Waals surface area contributed by atoms with Gasteiger partial charge in [-0.3, -0.25) is 9.69 Å². The molecular formula is C18H24N4O2. The Morgan fingerprint density at radius 2 is 1.88 bits per heavy atom. The first-order chi connectivity index (χ1) is 11.8. The molecule has 0 aliphatic carbocycles. The standard InChI is InChI=1S/C18H24N4O2/c1-2-21-10-12-22(13-11-21)9-8-19-18(23)17-14-16(20-24-17)15-6-4-3-5-7-15/h3-7,14H,2,8-13H2,1H3,(H,19,23). The Hall–Kier alpha value is -2.18. The van der Waals surface area contributed by atoms with E-state index >= 15 is 0 Å². The van der Waals surface area contributed by atoms with Crippen molar-refractivity contribution in [2.24, 2.45) is 0 Å². The summed E-state index contributed by atoms with van der Waals surface area (Å²) in [5.41, 5.74) is 1.62. The van der Waals surface area contributed by atoms with Gasteiger partial charge in [0, 0.05) is 50.9 Å². The topological polar surface area (TPSA) is 61.6 Å². The molecule has 0 atom stereocenters. The maximum atomic E-state index is 12.2. The van der Waals surface area contributed by atoms with Gasteiger partial charge in [-0.2, -0.15) is 0 Å². The summed E-state index contributed by atoms with van der Waals surface area (Å²) in [4.78, 5) is 17.0. The molecule has 0 radical (unpaired) electrons. The molecule has 1 aromatic heterocycles. The van der Waals surface area contributed by atoms with E-state index in [0.29, 0.717) is 12.2 Å². The lowest BCUT2D eigenvalue weighted by Gasteiger charge is -2.33. The van der Waals surface area contributed by atoms with E-state index in [-0.39, 0.29) is 11.7 Å². The summed E-state index contributed by atoms with van der Waals surface area (Å²) in [5.74, 6) is 0.0431. The smallest absolute Gasteiger partial charge is 0.289 e. The molecular weight excluding hydrogens is 304 g/mol. The number of carbonyl (C=O) groups excluding carboxylic acids is 1. The van der Waals surface area contributed by atoms with Crippen LogP contribution in [-0.4, -0.2) is 66.7 Å². The Morgan fingerprint density at radius 3 is 2.58 bits per heavy atom. The summed E-state index contributed by atoms with van der Waals surface area (Å²) in [6.07, 6.45) is 0. The van der Waals surface area contributed by atoms with Gasteiger partial charge in [-0.05, 0) is 6.54 Å². The zero-order valence-electron chi connectivity index (χ0n) is 14.1. The van der Waals surface area contributed by atoms with Gasteiger partial charge in [-0.15, -0.1) is 0 Å². The Kier molecular flexibility index (Phi) is 5.61. The maximum Gasteiger partial charge on any atom is 0.289 e. The Morgan fingerprint density at radius 1 is 1.17 bits per heavy atom. The molecule has 2 aromatic rings. The highest BCUT2D eigenvalue weighted by atomic mass is 16.5. The van der Waals surface area contributed by atoms with Crippen molar-refractivity contribution < 1.29 is 9.32 Å². The number of likely N-dealkylation sites (N-methyl/N-ethyl adjacent to an activating group) is 1. The zero-order chi connectivity index (χ0) is 16.8. The van der Waals surface area contributed by atoms with Crippen LogP contribution in [0, 0.1) is 0 Å². The second-order valence-electron chi connectivity index (χ2n) is 5.97. The zero-order valence-corrected chi connectivity index (χ0v) is 14.1. The third-order valence-electron chi connectivity index (χ3n) is 4.43. The molecule has 1 N–H and O–H groups in total. The minimum atomic E-state index is -0.211. The number of aromatic nitrogens is 1. The maximum absolute atomic E-state index is 12.2. The molecule has 0 bridgehead atoms. The van der Waals surface area contributed by atoms with E-state index in [2.05, 4.69) is 27.2 Å². The average Bonchev–Trinajstić information content (AvgIpc) is 3.13. The lowest BCUT2D eigenvalue weighted by atomic mass is 10.1. The highest BCUT2D eigenvalue weighted by molar-refractivity contribution is 5.92. The summed E-state index contributed by atoms with van der Waals surface area (Å²) < 4.78 is 5.17. The molecule has 0 unspecified atom stereocenters. The fourth-order valence-corrected chi connectivity index (χ4v) is 2.87. The van der Waals surface area contributed by atoms with Crippen LogP contribution in [0.3, 0.4) is 0 Å². The Balaban J connectivity index is 1.45. The Bertz CT molecular complexity index is 648. The van der Waals surface area contributed by atoms with Crippen LogP contribution >= 0.6 is 0 Å². The second-order valence-corrected chi connectivity index (χ2v) is 5.97. The van der Waals surface area contributed by atoms with Crippen molar-refractivity contribution in [3.63, 3.8) is 0 Å². The fourth-order valence-electron chi connectivity index (χ4n) is 2.87. The summed E-state index contributed by atoms with van der Waals surface area (Å²) in [6, 6.07) is 11.4. The second kappa shape index (κ2) is 8.08. The van der Waals surface area contributed by atoms with Gasteiger partial charge < -0.3 is 14.7 Å². The molecule has 1 aromatic carbocycles. The lowest BCUT2D eigenvalue weighted by Crippen LogP contribution is -2.48. The van der Waals surface area contributed by atoms with Crippen molar-refractivity contribution in [2.45, 2.75) is 6.92 Å². The molecule has 6 nitrogen and oxygen atoms in total. The number of rotatable bonds is 6. The first-order valence-electron chi connectivity index (χ1n) is 8.51. The minimum absolute atomic E-state index is 0.211. The molecule has 24 heavy (non-hydrogen) atoms. The number of nitrogens with one attached hydrogen (secondary N) is 1. The number of piperazine rings is 1. The number of nitrogens with zero attached hydrogens (tertiary/aromatic N) is 3.